The summed E-state index contributed by atoms with van der Waals surface area (Å²) in [5, 5.41) is 4.60. The summed E-state index contributed by atoms with van der Waals surface area (Å²) < 4.78 is 0. The van der Waals surface area contributed by atoms with Crippen molar-refractivity contribution in [3.8, 4) is 0 Å². The van der Waals surface area contributed by atoms with Gasteiger partial charge in [-0.1, -0.05) is 19.8 Å². The Morgan fingerprint density at radius 2 is 2.21 bits per heavy atom. The number of nitrogens with zero attached hydrogens (tertiary/aromatic N) is 1. The number of hydrogen-bond acceptors (Lipinski definition) is 3. The number of rotatable bonds is 3. The van der Waals surface area contributed by atoms with E-state index in [1.54, 1.807) is 0 Å². The Morgan fingerprint density at radius 3 is 3.00 bits per heavy atom. The molecule has 1 aromatic carbocycles. The van der Waals surface area contributed by atoms with Gasteiger partial charge in [-0.2, -0.15) is 0 Å². The summed E-state index contributed by atoms with van der Waals surface area (Å²) in [6.07, 6.45) is 5.90. The predicted octanol–water partition coefficient (Wildman–Crippen LogP) is 3.67. The molecule has 0 saturated heterocycles. The summed E-state index contributed by atoms with van der Waals surface area (Å²) in [7, 11) is 0. The minimum atomic E-state index is 0.788. The molecule has 3 rings (SSSR count). The summed E-state index contributed by atoms with van der Waals surface area (Å²) in [5.74, 6) is 1.62. The van der Waals surface area contributed by atoms with Gasteiger partial charge in [0.1, 0.15) is 0 Å². The Labute approximate surface area is 114 Å². The third-order valence-electron chi connectivity index (χ3n) is 4.40. The third-order valence-corrected chi connectivity index (χ3v) is 4.40. The average Bonchev–Trinajstić information content (AvgIpc) is 2.84. The molecule has 1 fully saturated rings. The Morgan fingerprint density at radius 1 is 1.32 bits per heavy atom. The molecule has 2 atom stereocenters. The number of benzene rings is 1. The molecule has 0 spiro atoms. The van der Waals surface area contributed by atoms with Crippen molar-refractivity contribution in [3.05, 3.63) is 30.5 Å². The van der Waals surface area contributed by atoms with Crippen molar-refractivity contribution in [1.29, 1.82) is 0 Å². The van der Waals surface area contributed by atoms with Crippen molar-refractivity contribution >= 4 is 22.3 Å². The number of fused-ring (bicyclic) bond motifs is 1. The van der Waals surface area contributed by atoms with E-state index in [1.165, 1.54) is 19.3 Å². The van der Waals surface area contributed by atoms with Crippen molar-refractivity contribution in [2.45, 2.75) is 26.2 Å². The van der Waals surface area contributed by atoms with Gasteiger partial charge < -0.3 is 11.1 Å². The molecule has 0 radical (unpaired) electrons. The fourth-order valence-electron chi connectivity index (χ4n) is 3.10. The fourth-order valence-corrected chi connectivity index (χ4v) is 3.10. The van der Waals surface area contributed by atoms with Crippen LogP contribution in [0.5, 0.6) is 0 Å². The SMILES string of the molecule is CC1CCCC1CNc1ccc(N)c2cccnc12. The molecule has 3 N–H and O–H groups in total. The molecule has 100 valence electrons. The topological polar surface area (TPSA) is 50.9 Å². The maximum absolute atomic E-state index is 6.00. The van der Waals surface area contributed by atoms with Gasteiger partial charge in [-0.05, 0) is 42.5 Å². The Kier molecular flexibility index (Phi) is 3.28. The maximum atomic E-state index is 6.00. The highest BCUT2D eigenvalue weighted by atomic mass is 14.9. The lowest BCUT2D eigenvalue weighted by molar-refractivity contribution is 0.440. The number of nitrogens with two attached hydrogens (primary N) is 1. The highest BCUT2D eigenvalue weighted by Crippen LogP contribution is 2.32. The predicted molar refractivity (Wildman–Crippen MR) is 81.2 cm³/mol. The maximum Gasteiger partial charge on any atom is 0.0953 e. The van der Waals surface area contributed by atoms with Gasteiger partial charge in [-0.25, -0.2) is 0 Å². The monoisotopic (exact) mass is 255 g/mol. The molecule has 3 heteroatoms. The molecule has 0 aliphatic heterocycles. The second-order valence-corrected chi connectivity index (χ2v) is 5.65. The molecule has 1 heterocycles. The van der Waals surface area contributed by atoms with E-state index in [0.717, 1.165) is 40.7 Å². The van der Waals surface area contributed by atoms with E-state index in [-0.39, 0.29) is 0 Å². The summed E-state index contributed by atoms with van der Waals surface area (Å²) in [5.41, 5.74) is 8.87. The van der Waals surface area contributed by atoms with Crippen LogP contribution in [-0.4, -0.2) is 11.5 Å². The first-order chi connectivity index (χ1) is 9.25. The molecule has 1 aromatic heterocycles. The number of nitrogen functional groups attached to an aromatic ring is 1. The smallest absolute Gasteiger partial charge is 0.0953 e. The van der Waals surface area contributed by atoms with Gasteiger partial charge in [-0.3, -0.25) is 4.98 Å². The van der Waals surface area contributed by atoms with Gasteiger partial charge >= 0.3 is 0 Å². The van der Waals surface area contributed by atoms with Crippen LogP contribution >= 0.6 is 0 Å². The summed E-state index contributed by atoms with van der Waals surface area (Å²) >= 11 is 0. The minimum absolute atomic E-state index is 0.788. The van der Waals surface area contributed by atoms with E-state index in [9.17, 15) is 0 Å². The average molecular weight is 255 g/mol. The van der Waals surface area contributed by atoms with Gasteiger partial charge in [0, 0.05) is 23.8 Å². The van der Waals surface area contributed by atoms with Crippen LogP contribution in [0.25, 0.3) is 10.9 Å². The zero-order valence-corrected chi connectivity index (χ0v) is 11.4. The molecule has 2 unspecified atom stereocenters. The molecule has 0 amide bonds. The number of pyridine rings is 1. The number of nitrogens with one attached hydrogen (secondary N) is 1. The molecule has 1 aliphatic carbocycles. The zero-order chi connectivity index (χ0) is 13.2. The molecule has 19 heavy (non-hydrogen) atoms. The minimum Gasteiger partial charge on any atom is -0.398 e. The van der Waals surface area contributed by atoms with Gasteiger partial charge in [0.2, 0.25) is 0 Å². The van der Waals surface area contributed by atoms with Crippen LogP contribution in [0.15, 0.2) is 30.5 Å². The van der Waals surface area contributed by atoms with Crippen molar-refractivity contribution in [2.24, 2.45) is 11.8 Å². The van der Waals surface area contributed by atoms with Gasteiger partial charge in [0.15, 0.2) is 0 Å². The van der Waals surface area contributed by atoms with E-state index < -0.39 is 0 Å². The van der Waals surface area contributed by atoms with Crippen LogP contribution in [0.1, 0.15) is 26.2 Å². The molecular formula is C16H21N3. The Bertz CT molecular complexity index is 579. The fraction of sp³-hybridized carbons (Fsp3) is 0.438. The van der Waals surface area contributed by atoms with E-state index >= 15 is 0 Å². The van der Waals surface area contributed by atoms with Crippen molar-refractivity contribution in [3.63, 3.8) is 0 Å². The first kappa shape index (κ1) is 12.3. The standard InChI is InChI=1S/C16H21N3/c1-11-4-2-5-12(11)10-19-15-8-7-14(17)13-6-3-9-18-16(13)15/h3,6-9,11-12,19H,2,4-5,10,17H2,1H3. The first-order valence-electron chi connectivity index (χ1n) is 7.13. The number of hydrogen-bond donors (Lipinski definition) is 2. The first-order valence-corrected chi connectivity index (χ1v) is 7.13. The van der Waals surface area contributed by atoms with E-state index in [0.29, 0.717) is 0 Å². The lowest BCUT2D eigenvalue weighted by Crippen LogP contribution is -2.16. The molecule has 3 nitrogen and oxygen atoms in total. The Hall–Kier alpha value is -1.77. The summed E-state index contributed by atoms with van der Waals surface area (Å²) in [6, 6.07) is 7.97. The van der Waals surface area contributed by atoms with E-state index in [4.69, 9.17) is 5.73 Å². The van der Waals surface area contributed by atoms with Crippen LogP contribution in [0.3, 0.4) is 0 Å². The van der Waals surface area contributed by atoms with Gasteiger partial charge in [0.05, 0.1) is 11.2 Å². The zero-order valence-electron chi connectivity index (χ0n) is 11.4. The molecule has 0 bridgehead atoms. The summed E-state index contributed by atoms with van der Waals surface area (Å²) in [6.45, 7) is 3.40. The largest absolute Gasteiger partial charge is 0.398 e. The van der Waals surface area contributed by atoms with E-state index in [2.05, 4.69) is 17.2 Å². The molecular weight excluding hydrogens is 234 g/mol. The van der Waals surface area contributed by atoms with Crippen LogP contribution in [0.2, 0.25) is 0 Å². The molecule has 1 saturated carbocycles. The quantitative estimate of drug-likeness (QED) is 0.823. The second-order valence-electron chi connectivity index (χ2n) is 5.65. The Balaban J connectivity index is 1.83. The highest BCUT2D eigenvalue weighted by Gasteiger charge is 2.23. The molecule has 2 aromatic rings. The molecule has 1 aliphatic rings. The lowest BCUT2D eigenvalue weighted by Gasteiger charge is -2.17. The summed E-state index contributed by atoms with van der Waals surface area (Å²) in [4.78, 5) is 4.46. The number of aromatic nitrogens is 1. The van der Waals surface area contributed by atoms with Crippen LogP contribution in [-0.2, 0) is 0 Å². The van der Waals surface area contributed by atoms with Crippen molar-refractivity contribution < 1.29 is 0 Å². The van der Waals surface area contributed by atoms with Gasteiger partial charge in [-0.15, -0.1) is 0 Å². The second kappa shape index (κ2) is 5.08. The van der Waals surface area contributed by atoms with Crippen LogP contribution < -0.4 is 11.1 Å². The highest BCUT2D eigenvalue weighted by molar-refractivity contribution is 5.98. The normalized spacial score (nSPS) is 22.8. The number of anilines is 2. The van der Waals surface area contributed by atoms with E-state index in [1.807, 2.05) is 30.5 Å². The van der Waals surface area contributed by atoms with Crippen molar-refractivity contribution in [2.75, 3.05) is 17.6 Å². The van der Waals surface area contributed by atoms with Crippen molar-refractivity contribution in [1.82, 2.24) is 4.98 Å². The van der Waals surface area contributed by atoms with Gasteiger partial charge in [0.25, 0.3) is 0 Å². The lowest BCUT2D eigenvalue weighted by atomic mass is 9.98. The van der Waals surface area contributed by atoms with Crippen LogP contribution in [0, 0.1) is 11.8 Å². The third kappa shape index (κ3) is 2.37. The van der Waals surface area contributed by atoms with Crippen LogP contribution in [0.4, 0.5) is 11.4 Å².